The standard InChI is InChI=1S/C18H28N6OS/c1-18(2,3)16-22-14(23-25-16)10-20-17(19-4)24(5)11-15-21-12-8-6-7-9-13(12)26-15/h6-11H2,1-5H3,(H,19,20). The number of guanidine groups is 1. The van der Waals surface area contributed by atoms with Crippen molar-refractivity contribution in [3.63, 3.8) is 0 Å². The Bertz CT molecular complexity index is 749. The van der Waals surface area contributed by atoms with Crippen LogP contribution in [0.15, 0.2) is 9.52 Å². The molecule has 2 aromatic rings. The zero-order valence-corrected chi connectivity index (χ0v) is 17.1. The summed E-state index contributed by atoms with van der Waals surface area (Å²) in [5, 5.41) is 8.49. The zero-order chi connectivity index (χ0) is 18.7. The van der Waals surface area contributed by atoms with Crippen molar-refractivity contribution in [3.05, 3.63) is 27.3 Å². The van der Waals surface area contributed by atoms with Gasteiger partial charge in [0.05, 0.1) is 18.8 Å². The number of aryl methyl sites for hydroxylation is 2. The van der Waals surface area contributed by atoms with Gasteiger partial charge >= 0.3 is 0 Å². The maximum atomic E-state index is 5.33. The van der Waals surface area contributed by atoms with E-state index < -0.39 is 0 Å². The molecule has 0 spiro atoms. The Kier molecular flexibility index (Phi) is 5.60. The van der Waals surface area contributed by atoms with Crippen molar-refractivity contribution in [3.8, 4) is 0 Å². The van der Waals surface area contributed by atoms with Gasteiger partial charge in [-0.3, -0.25) is 4.99 Å². The van der Waals surface area contributed by atoms with Crippen molar-refractivity contribution in [2.45, 2.75) is 65.0 Å². The van der Waals surface area contributed by atoms with E-state index in [0.717, 1.165) is 23.9 Å². The normalized spacial score (nSPS) is 15.0. The topological polar surface area (TPSA) is 79.4 Å². The molecule has 142 valence electrons. The van der Waals surface area contributed by atoms with E-state index in [-0.39, 0.29) is 5.41 Å². The Morgan fingerprint density at radius 3 is 2.69 bits per heavy atom. The van der Waals surface area contributed by atoms with Crippen molar-refractivity contribution in [2.75, 3.05) is 14.1 Å². The first kappa shape index (κ1) is 18.8. The third-order valence-corrected chi connectivity index (χ3v) is 5.49. The molecule has 1 N–H and O–H groups in total. The minimum atomic E-state index is -0.145. The Morgan fingerprint density at radius 1 is 1.27 bits per heavy atom. The lowest BCUT2D eigenvalue weighted by Gasteiger charge is -2.20. The lowest BCUT2D eigenvalue weighted by atomic mass is 9.97. The van der Waals surface area contributed by atoms with Gasteiger partial charge < -0.3 is 14.7 Å². The van der Waals surface area contributed by atoms with Crippen LogP contribution < -0.4 is 5.32 Å². The predicted molar refractivity (Wildman–Crippen MR) is 103 cm³/mol. The molecule has 0 aliphatic heterocycles. The molecule has 7 nitrogen and oxygen atoms in total. The number of rotatable bonds is 4. The molecule has 0 amide bonds. The van der Waals surface area contributed by atoms with Crippen LogP contribution in [0.25, 0.3) is 0 Å². The molecule has 0 saturated carbocycles. The van der Waals surface area contributed by atoms with E-state index in [4.69, 9.17) is 9.51 Å². The fourth-order valence-corrected chi connectivity index (χ4v) is 4.13. The van der Waals surface area contributed by atoms with Crippen molar-refractivity contribution in [2.24, 2.45) is 4.99 Å². The first-order valence-corrected chi connectivity index (χ1v) is 9.91. The lowest BCUT2D eigenvalue weighted by Crippen LogP contribution is -2.38. The van der Waals surface area contributed by atoms with E-state index in [9.17, 15) is 0 Å². The number of thiazole rings is 1. The Hall–Kier alpha value is -1.96. The van der Waals surface area contributed by atoms with Gasteiger partial charge in [0.1, 0.15) is 5.01 Å². The van der Waals surface area contributed by atoms with Crippen LogP contribution in [0.2, 0.25) is 0 Å². The van der Waals surface area contributed by atoms with Crippen LogP contribution in [-0.4, -0.2) is 40.1 Å². The number of aliphatic imine (C=N–C) groups is 1. The summed E-state index contributed by atoms with van der Waals surface area (Å²) in [6, 6.07) is 0. The molecule has 2 aromatic heterocycles. The molecule has 0 bridgehead atoms. The maximum Gasteiger partial charge on any atom is 0.232 e. The summed E-state index contributed by atoms with van der Waals surface area (Å²) in [6.45, 7) is 7.38. The summed E-state index contributed by atoms with van der Waals surface area (Å²) in [7, 11) is 3.80. The second kappa shape index (κ2) is 7.73. The van der Waals surface area contributed by atoms with E-state index in [1.807, 2.05) is 18.4 Å². The fraction of sp³-hybridized carbons (Fsp3) is 0.667. The summed E-state index contributed by atoms with van der Waals surface area (Å²) in [5.41, 5.74) is 1.15. The molecule has 0 fully saturated rings. The lowest BCUT2D eigenvalue weighted by molar-refractivity contribution is 0.318. The molecule has 1 aliphatic rings. The number of hydrogen-bond donors (Lipinski definition) is 1. The average molecular weight is 377 g/mol. The molecule has 3 rings (SSSR count). The summed E-state index contributed by atoms with van der Waals surface area (Å²) in [6.07, 6.45) is 4.85. The van der Waals surface area contributed by atoms with Crippen LogP contribution in [-0.2, 0) is 31.3 Å². The van der Waals surface area contributed by atoms with Gasteiger partial charge in [-0.25, -0.2) is 4.98 Å². The highest BCUT2D eigenvalue weighted by atomic mass is 32.1. The van der Waals surface area contributed by atoms with Gasteiger partial charge in [-0.1, -0.05) is 25.9 Å². The Labute approximate surface area is 158 Å². The third kappa shape index (κ3) is 4.41. The Morgan fingerprint density at radius 2 is 2.04 bits per heavy atom. The molecule has 2 heterocycles. The number of aromatic nitrogens is 3. The molecule has 8 heteroatoms. The second-order valence-electron chi connectivity index (χ2n) is 7.71. The largest absolute Gasteiger partial charge is 0.349 e. The van der Waals surface area contributed by atoms with Gasteiger partial charge in [0.2, 0.25) is 5.89 Å². The zero-order valence-electron chi connectivity index (χ0n) is 16.3. The van der Waals surface area contributed by atoms with Crippen LogP contribution in [0.5, 0.6) is 0 Å². The van der Waals surface area contributed by atoms with Crippen molar-refractivity contribution in [1.82, 2.24) is 25.3 Å². The number of nitrogens with one attached hydrogen (secondary N) is 1. The van der Waals surface area contributed by atoms with E-state index >= 15 is 0 Å². The monoisotopic (exact) mass is 376 g/mol. The number of fused-ring (bicyclic) bond motifs is 1. The first-order chi connectivity index (χ1) is 12.4. The van der Waals surface area contributed by atoms with Crippen molar-refractivity contribution in [1.29, 1.82) is 0 Å². The smallest absolute Gasteiger partial charge is 0.232 e. The Balaban J connectivity index is 1.58. The first-order valence-electron chi connectivity index (χ1n) is 9.09. The molecule has 0 radical (unpaired) electrons. The minimum absolute atomic E-state index is 0.145. The highest BCUT2D eigenvalue weighted by Gasteiger charge is 2.22. The van der Waals surface area contributed by atoms with Gasteiger partial charge in [-0.2, -0.15) is 4.98 Å². The average Bonchev–Trinajstić information content (AvgIpc) is 3.21. The third-order valence-electron chi connectivity index (χ3n) is 4.35. The quantitative estimate of drug-likeness (QED) is 0.653. The van der Waals surface area contributed by atoms with E-state index in [0.29, 0.717) is 18.3 Å². The van der Waals surface area contributed by atoms with Crippen molar-refractivity contribution < 1.29 is 4.52 Å². The second-order valence-corrected chi connectivity index (χ2v) is 8.88. The van der Waals surface area contributed by atoms with Crippen LogP contribution in [0.3, 0.4) is 0 Å². The van der Waals surface area contributed by atoms with E-state index in [1.54, 1.807) is 7.05 Å². The fourth-order valence-electron chi connectivity index (χ4n) is 2.92. The number of nitrogens with zero attached hydrogens (tertiary/aromatic N) is 5. The molecule has 0 saturated heterocycles. The van der Waals surface area contributed by atoms with E-state index in [2.05, 4.69) is 46.1 Å². The molecule has 0 atom stereocenters. The summed E-state index contributed by atoms with van der Waals surface area (Å²) < 4.78 is 5.33. The van der Waals surface area contributed by atoms with Gasteiger partial charge in [0.25, 0.3) is 0 Å². The number of hydrogen-bond acceptors (Lipinski definition) is 6. The van der Waals surface area contributed by atoms with Crippen LogP contribution in [0.4, 0.5) is 0 Å². The van der Waals surface area contributed by atoms with Crippen molar-refractivity contribution >= 4 is 17.3 Å². The molecule has 26 heavy (non-hydrogen) atoms. The van der Waals surface area contributed by atoms with Gasteiger partial charge in [0.15, 0.2) is 11.8 Å². The van der Waals surface area contributed by atoms with Crippen LogP contribution >= 0.6 is 11.3 Å². The van der Waals surface area contributed by atoms with Gasteiger partial charge in [-0.15, -0.1) is 11.3 Å². The summed E-state index contributed by atoms with van der Waals surface area (Å²) in [4.78, 5) is 17.2. The van der Waals surface area contributed by atoms with Gasteiger partial charge in [-0.05, 0) is 25.7 Å². The molecule has 0 aromatic carbocycles. The van der Waals surface area contributed by atoms with Gasteiger partial charge in [0, 0.05) is 24.4 Å². The minimum Gasteiger partial charge on any atom is -0.349 e. The predicted octanol–water partition coefficient (Wildman–Crippen LogP) is 2.91. The van der Waals surface area contributed by atoms with E-state index in [1.165, 1.54) is 29.8 Å². The summed E-state index contributed by atoms with van der Waals surface area (Å²) >= 11 is 1.84. The molecule has 0 unspecified atom stereocenters. The van der Waals surface area contributed by atoms with Crippen LogP contribution in [0, 0.1) is 0 Å². The van der Waals surface area contributed by atoms with Crippen LogP contribution in [0.1, 0.15) is 60.9 Å². The summed E-state index contributed by atoms with van der Waals surface area (Å²) in [5.74, 6) is 2.07. The molecule has 1 aliphatic carbocycles. The maximum absolute atomic E-state index is 5.33. The highest BCUT2D eigenvalue weighted by molar-refractivity contribution is 7.11. The highest BCUT2D eigenvalue weighted by Crippen LogP contribution is 2.27. The molecular formula is C18H28N6OS. The molecular weight excluding hydrogens is 348 g/mol. The SMILES string of the molecule is CN=C(NCc1noc(C(C)(C)C)n1)N(C)Cc1nc2c(s1)CCCC2.